The Bertz CT molecular complexity index is 349. The second-order valence-electron chi connectivity index (χ2n) is 6.48. The number of nitrogens with one attached hydrogen (secondary N) is 1. The van der Waals surface area contributed by atoms with Crippen LogP contribution in [0, 0.1) is 5.92 Å². The van der Waals surface area contributed by atoms with Crippen molar-refractivity contribution in [3.05, 3.63) is 12.2 Å². The van der Waals surface area contributed by atoms with Crippen LogP contribution in [-0.2, 0) is 9.59 Å². The molecule has 1 aliphatic rings. The van der Waals surface area contributed by atoms with E-state index in [0.29, 0.717) is 6.42 Å². The van der Waals surface area contributed by atoms with E-state index in [1.54, 1.807) is 0 Å². The topological polar surface area (TPSA) is 46.2 Å². The van der Waals surface area contributed by atoms with Gasteiger partial charge in [-0.05, 0) is 12.8 Å². The summed E-state index contributed by atoms with van der Waals surface area (Å²) in [5.41, 5.74) is 0. The number of unbranched alkanes of at least 4 members (excludes halogenated alkanes) is 11. The van der Waals surface area contributed by atoms with Crippen molar-refractivity contribution in [1.29, 1.82) is 0 Å². The summed E-state index contributed by atoms with van der Waals surface area (Å²) >= 11 is 0. The molecule has 1 saturated heterocycles. The van der Waals surface area contributed by atoms with Gasteiger partial charge in [0, 0.05) is 6.42 Å². The molecule has 0 aliphatic carbocycles. The van der Waals surface area contributed by atoms with Gasteiger partial charge in [0.2, 0.25) is 11.8 Å². The minimum absolute atomic E-state index is 0.139. The zero-order chi connectivity index (χ0) is 16.0. The van der Waals surface area contributed by atoms with Crippen molar-refractivity contribution in [3.8, 4) is 0 Å². The normalized spacial score (nSPS) is 18.3. The highest BCUT2D eigenvalue weighted by Crippen LogP contribution is 2.14. The quantitative estimate of drug-likeness (QED) is 0.299. The number of hydrogen-bond acceptors (Lipinski definition) is 2. The van der Waals surface area contributed by atoms with Gasteiger partial charge in [0.25, 0.3) is 0 Å². The van der Waals surface area contributed by atoms with E-state index in [0.717, 1.165) is 6.42 Å². The van der Waals surface area contributed by atoms with Crippen LogP contribution in [0.25, 0.3) is 0 Å². The first-order valence-electron chi connectivity index (χ1n) is 9.24. The van der Waals surface area contributed by atoms with Crippen LogP contribution in [0.3, 0.4) is 0 Å². The van der Waals surface area contributed by atoms with Crippen molar-refractivity contribution < 1.29 is 9.59 Å². The summed E-state index contributed by atoms with van der Waals surface area (Å²) in [6.07, 6.45) is 20.2. The first kappa shape index (κ1) is 18.9. The Labute approximate surface area is 135 Å². The minimum Gasteiger partial charge on any atom is -0.296 e. The van der Waals surface area contributed by atoms with Crippen molar-refractivity contribution in [3.63, 3.8) is 0 Å². The molecule has 2 amide bonds. The van der Waals surface area contributed by atoms with Gasteiger partial charge in [-0.1, -0.05) is 83.3 Å². The Morgan fingerprint density at radius 2 is 1.45 bits per heavy atom. The first-order chi connectivity index (χ1) is 10.7. The monoisotopic (exact) mass is 307 g/mol. The summed E-state index contributed by atoms with van der Waals surface area (Å²) in [6.45, 7) is 2.26. The highest BCUT2D eigenvalue weighted by Gasteiger charge is 2.27. The third-order valence-corrected chi connectivity index (χ3v) is 4.35. The third kappa shape index (κ3) is 9.01. The van der Waals surface area contributed by atoms with Crippen LogP contribution in [0.1, 0.15) is 90.4 Å². The molecule has 0 aromatic heterocycles. The van der Waals surface area contributed by atoms with Crippen molar-refractivity contribution in [2.45, 2.75) is 90.4 Å². The standard InChI is InChI=1S/C19H33NO2/c1-2-3-4-5-6-7-8-9-10-11-12-13-14-15-17-16-18(21)20-19(17)22/h14-15,17H,2-13,16H2,1H3,(H,20,21,22). The third-order valence-electron chi connectivity index (χ3n) is 4.35. The molecule has 1 N–H and O–H groups in total. The lowest BCUT2D eigenvalue weighted by molar-refractivity contribution is -0.125. The van der Waals surface area contributed by atoms with Crippen molar-refractivity contribution in [1.82, 2.24) is 5.32 Å². The molecule has 0 radical (unpaired) electrons. The first-order valence-corrected chi connectivity index (χ1v) is 9.24. The molecular weight excluding hydrogens is 274 g/mol. The molecule has 1 rings (SSSR count). The van der Waals surface area contributed by atoms with Crippen LogP contribution in [0.4, 0.5) is 0 Å². The molecule has 126 valence electrons. The highest BCUT2D eigenvalue weighted by molar-refractivity contribution is 6.04. The van der Waals surface area contributed by atoms with Crippen molar-refractivity contribution >= 4 is 11.8 Å². The number of hydrogen-bond donors (Lipinski definition) is 1. The number of allylic oxidation sites excluding steroid dienone is 1. The fraction of sp³-hybridized carbons (Fsp3) is 0.789. The summed E-state index contributed by atoms with van der Waals surface area (Å²) in [6, 6.07) is 0. The van der Waals surface area contributed by atoms with Gasteiger partial charge in [0.1, 0.15) is 0 Å². The van der Waals surface area contributed by atoms with Crippen LogP contribution in [0.2, 0.25) is 0 Å². The van der Waals surface area contributed by atoms with Crippen molar-refractivity contribution in [2.75, 3.05) is 0 Å². The predicted molar refractivity (Wildman–Crippen MR) is 91.5 cm³/mol. The number of imide groups is 1. The predicted octanol–water partition coefficient (Wildman–Crippen LogP) is 4.91. The smallest absolute Gasteiger partial charge is 0.233 e. The maximum atomic E-state index is 11.4. The largest absolute Gasteiger partial charge is 0.296 e. The summed E-state index contributed by atoms with van der Waals surface area (Å²) in [5.74, 6) is -0.505. The van der Waals surface area contributed by atoms with Crippen LogP contribution in [0.15, 0.2) is 12.2 Å². The molecule has 0 saturated carbocycles. The Morgan fingerprint density at radius 3 is 1.95 bits per heavy atom. The Kier molecular flexibility index (Phi) is 10.7. The van der Waals surface area contributed by atoms with Gasteiger partial charge in [-0.15, -0.1) is 0 Å². The van der Waals surface area contributed by atoms with E-state index in [1.807, 2.05) is 6.08 Å². The number of carbonyl (C=O) groups excluding carboxylic acids is 2. The molecule has 0 aromatic carbocycles. The fourth-order valence-electron chi connectivity index (χ4n) is 2.92. The molecule has 22 heavy (non-hydrogen) atoms. The second-order valence-corrected chi connectivity index (χ2v) is 6.48. The minimum atomic E-state index is -0.222. The van der Waals surface area contributed by atoms with E-state index in [4.69, 9.17) is 0 Å². The average Bonchev–Trinajstić information content (AvgIpc) is 2.82. The summed E-state index contributed by atoms with van der Waals surface area (Å²) in [5, 5.41) is 2.33. The number of amides is 2. The average molecular weight is 307 g/mol. The maximum absolute atomic E-state index is 11.4. The van der Waals surface area contributed by atoms with Gasteiger partial charge in [0.05, 0.1) is 5.92 Å². The molecule has 1 aliphatic heterocycles. The van der Waals surface area contributed by atoms with E-state index in [-0.39, 0.29) is 17.7 Å². The van der Waals surface area contributed by atoms with Gasteiger partial charge in [-0.2, -0.15) is 0 Å². The molecule has 0 aromatic rings. The van der Waals surface area contributed by atoms with Gasteiger partial charge in [-0.3, -0.25) is 14.9 Å². The van der Waals surface area contributed by atoms with Crippen LogP contribution in [0.5, 0.6) is 0 Å². The SMILES string of the molecule is CCCCCCCCCCCCCC=CC1CC(=O)NC1=O. The van der Waals surface area contributed by atoms with E-state index < -0.39 is 0 Å². The zero-order valence-corrected chi connectivity index (χ0v) is 14.2. The van der Waals surface area contributed by atoms with Crippen LogP contribution < -0.4 is 5.32 Å². The van der Waals surface area contributed by atoms with E-state index in [1.165, 1.54) is 70.6 Å². The highest BCUT2D eigenvalue weighted by atomic mass is 16.2. The van der Waals surface area contributed by atoms with Crippen LogP contribution >= 0.6 is 0 Å². The molecule has 1 unspecified atom stereocenters. The lowest BCUT2D eigenvalue weighted by atomic mass is 10.0. The van der Waals surface area contributed by atoms with Crippen molar-refractivity contribution in [2.24, 2.45) is 5.92 Å². The van der Waals surface area contributed by atoms with Gasteiger partial charge < -0.3 is 0 Å². The molecule has 1 atom stereocenters. The fourth-order valence-corrected chi connectivity index (χ4v) is 2.92. The number of rotatable bonds is 13. The van der Waals surface area contributed by atoms with E-state index >= 15 is 0 Å². The number of carbonyl (C=O) groups is 2. The molecule has 1 heterocycles. The molecule has 0 bridgehead atoms. The van der Waals surface area contributed by atoms with Gasteiger partial charge in [-0.25, -0.2) is 0 Å². The molecule has 1 fully saturated rings. The van der Waals surface area contributed by atoms with Crippen LogP contribution in [-0.4, -0.2) is 11.8 Å². The summed E-state index contributed by atoms with van der Waals surface area (Å²) < 4.78 is 0. The summed E-state index contributed by atoms with van der Waals surface area (Å²) in [4.78, 5) is 22.4. The Balaban J connectivity index is 1.84. The lowest BCUT2D eigenvalue weighted by Gasteiger charge is -2.02. The molecular formula is C19H33NO2. The lowest BCUT2D eigenvalue weighted by Crippen LogP contribution is -2.21. The Morgan fingerprint density at radius 1 is 0.909 bits per heavy atom. The van der Waals surface area contributed by atoms with E-state index in [9.17, 15) is 9.59 Å². The molecule has 3 nitrogen and oxygen atoms in total. The maximum Gasteiger partial charge on any atom is 0.233 e. The second kappa shape index (κ2) is 12.4. The molecule has 0 spiro atoms. The zero-order valence-electron chi connectivity index (χ0n) is 14.2. The molecule has 3 heteroatoms. The van der Waals surface area contributed by atoms with E-state index in [2.05, 4.69) is 18.3 Å². The van der Waals surface area contributed by atoms with Gasteiger partial charge >= 0.3 is 0 Å². The van der Waals surface area contributed by atoms with Gasteiger partial charge in [0.15, 0.2) is 0 Å². The Hall–Kier alpha value is -1.12. The summed E-state index contributed by atoms with van der Waals surface area (Å²) in [7, 11) is 0.